The normalized spacial score (nSPS) is 19.8. The summed E-state index contributed by atoms with van der Waals surface area (Å²) in [6.45, 7) is 4.15. The van der Waals surface area contributed by atoms with Gasteiger partial charge in [0, 0.05) is 17.5 Å². The Kier molecular flexibility index (Phi) is 5.17. The van der Waals surface area contributed by atoms with Gasteiger partial charge >= 0.3 is 6.09 Å². The zero-order valence-electron chi connectivity index (χ0n) is 12.4. The Morgan fingerprint density at radius 2 is 2.00 bits per heavy atom. The third-order valence-corrected chi connectivity index (χ3v) is 3.46. The molecule has 1 saturated heterocycles. The second-order valence-electron chi connectivity index (χ2n) is 5.40. The average Bonchev–Trinajstić information content (AvgIpc) is 2.41. The number of aromatic hydroxyl groups is 1. The van der Waals surface area contributed by atoms with Gasteiger partial charge < -0.3 is 24.6 Å². The molecule has 0 aromatic heterocycles. The molecule has 1 heterocycles. The number of carbonyl (C=O) groups is 1. The molecule has 2 rings (SSSR count). The number of phenols is 1. The van der Waals surface area contributed by atoms with Crippen LogP contribution in [0.1, 0.15) is 25.5 Å². The second-order valence-corrected chi connectivity index (χ2v) is 5.40. The average molecular weight is 318 g/mol. The summed E-state index contributed by atoms with van der Waals surface area (Å²) in [6, 6.07) is 2.76. The Morgan fingerprint density at radius 1 is 1.33 bits per heavy atom. The number of carbonyl (C=O) groups excluding carboxylic acids is 1. The first-order valence-electron chi connectivity index (χ1n) is 6.27. The fourth-order valence-corrected chi connectivity index (χ4v) is 2.32. The topological polar surface area (TPSA) is 77.0 Å². The van der Waals surface area contributed by atoms with Gasteiger partial charge in [-0.2, -0.15) is 0 Å². The molecule has 1 fully saturated rings. The number of alkyl carbamates (subject to hydrolysis) is 1. The van der Waals surface area contributed by atoms with Crippen molar-refractivity contribution in [2.45, 2.75) is 19.9 Å². The monoisotopic (exact) mass is 317 g/mol. The molecular weight excluding hydrogens is 298 g/mol. The summed E-state index contributed by atoms with van der Waals surface area (Å²) in [5.74, 6) is 0.961. The van der Waals surface area contributed by atoms with E-state index in [2.05, 4.69) is 5.32 Å². The van der Waals surface area contributed by atoms with Crippen LogP contribution < -0.4 is 14.8 Å². The van der Waals surface area contributed by atoms with E-state index in [4.69, 9.17) is 14.2 Å². The van der Waals surface area contributed by atoms with Crippen molar-refractivity contribution in [2.24, 2.45) is 5.41 Å². The van der Waals surface area contributed by atoms with E-state index in [1.54, 1.807) is 6.07 Å². The number of hydrogen-bond acceptors (Lipinski definition) is 5. The lowest BCUT2D eigenvalue weighted by atomic mass is 9.79. The first-order chi connectivity index (χ1) is 9.39. The van der Waals surface area contributed by atoms with Crippen molar-refractivity contribution in [1.29, 1.82) is 0 Å². The van der Waals surface area contributed by atoms with E-state index in [1.807, 2.05) is 13.8 Å². The Bertz CT molecular complexity index is 532. The standard InChI is InChI=1S/C14H19NO5.ClH/c1-14(2)7-20-13(17)15-12(14)11-9(16)5-8(18-3)6-10(11)19-4;/h5-6,12,16H,7H2,1-4H3,(H,15,17);1H/t12-;/m1./s1. The second kappa shape index (κ2) is 6.30. The lowest BCUT2D eigenvalue weighted by Crippen LogP contribution is -2.47. The van der Waals surface area contributed by atoms with Gasteiger partial charge in [-0.15, -0.1) is 12.4 Å². The molecule has 0 saturated carbocycles. The Balaban J connectivity index is 0.00000220. The summed E-state index contributed by atoms with van der Waals surface area (Å²) in [6.07, 6.45) is -0.508. The van der Waals surface area contributed by atoms with Crippen molar-refractivity contribution in [2.75, 3.05) is 20.8 Å². The smallest absolute Gasteiger partial charge is 0.407 e. The number of hydrogen-bond donors (Lipinski definition) is 2. The van der Waals surface area contributed by atoms with Gasteiger partial charge in [0.2, 0.25) is 0 Å². The van der Waals surface area contributed by atoms with Crippen LogP contribution in [0.2, 0.25) is 0 Å². The van der Waals surface area contributed by atoms with Crippen LogP contribution in [0.15, 0.2) is 12.1 Å². The molecule has 118 valence electrons. The molecule has 0 unspecified atom stereocenters. The summed E-state index contributed by atoms with van der Waals surface area (Å²) in [5.41, 5.74) is 0.141. The molecule has 1 amide bonds. The van der Waals surface area contributed by atoms with Crippen LogP contribution in [0.3, 0.4) is 0 Å². The minimum atomic E-state index is -0.508. The SMILES string of the molecule is COc1cc(O)c([C@H]2NC(=O)OCC2(C)C)c(OC)c1.Cl. The Morgan fingerprint density at radius 3 is 2.57 bits per heavy atom. The van der Waals surface area contributed by atoms with Crippen molar-refractivity contribution in [1.82, 2.24) is 5.32 Å². The maximum atomic E-state index is 11.5. The Hall–Kier alpha value is -1.82. The lowest BCUT2D eigenvalue weighted by Gasteiger charge is -2.39. The van der Waals surface area contributed by atoms with Crippen LogP contribution >= 0.6 is 12.4 Å². The summed E-state index contributed by atoms with van der Waals surface area (Å²) < 4.78 is 15.4. The molecule has 0 spiro atoms. The molecular formula is C14H20ClNO5. The van der Waals surface area contributed by atoms with Crippen molar-refractivity contribution in [3.05, 3.63) is 17.7 Å². The van der Waals surface area contributed by atoms with Crippen LogP contribution in [-0.4, -0.2) is 32.0 Å². The molecule has 0 bridgehead atoms. The van der Waals surface area contributed by atoms with Gasteiger partial charge in [0.25, 0.3) is 0 Å². The highest BCUT2D eigenvalue weighted by Crippen LogP contribution is 2.45. The summed E-state index contributed by atoms with van der Waals surface area (Å²) in [4.78, 5) is 11.5. The predicted molar refractivity (Wildman–Crippen MR) is 79.5 cm³/mol. The summed E-state index contributed by atoms with van der Waals surface area (Å²) in [7, 11) is 3.01. The van der Waals surface area contributed by atoms with Crippen LogP contribution in [0.5, 0.6) is 17.2 Å². The molecule has 1 aromatic carbocycles. The molecule has 6 nitrogen and oxygen atoms in total. The number of phenolic OH excluding ortho intramolecular Hbond substituents is 1. The van der Waals surface area contributed by atoms with E-state index in [9.17, 15) is 9.90 Å². The number of halogens is 1. The third-order valence-electron chi connectivity index (χ3n) is 3.46. The minimum absolute atomic E-state index is 0. The van der Waals surface area contributed by atoms with Crippen LogP contribution in [0.4, 0.5) is 4.79 Å². The molecule has 1 atom stereocenters. The molecule has 1 aromatic rings. The maximum Gasteiger partial charge on any atom is 0.407 e. The highest BCUT2D eigenvalue weighted by Gasteiger charge is 2.41. The minimum Gasteiger partial charge on any atom is -0.507 e. The zero-order valence-corrected chi connectivity index (χ0v) is 13.2. The van der Waals surface area contributed by atoms with Crippen molar-refractivity contribution < 1.29 is 24.1 Å². The van der Waals surface area contributed by atoms with E-state index in [0.717, 1.165) is 0 Å². The number of methoxy groups -OCH3 is 2. The zero-order chi connectivity index (χ0) is 14.9. The third kappa shape index (κ3) is 3.26. The molecule has 0 radical (unpaired) electrons. The van der Waals surface area contributed by atoms with Gasteiger partial charge in [-0.3, -0.25) is 0 Å². The maximum absolute atomic E-state index is 11.5. The molecule has 7 heteroatoms. The van der Waals surface area contributed by atoms with Crippen molar-refractivity contribution >= 4 is 18.5 Å². The number of benzene rings is 1. The van der Waals surface area contributed by atoms with Gasteiger partial charge in [-0.05, 0) is 0 Å². The van der Waals surface area contributed by atoms with E-state index >= 15 is 0 Å². The van der Waals surface area contributed by atoms with Gasteiger partial charge in [0.15, 0.2) is 0 Å². The van der Waals surface area contributed by atoms with Crippen molar-refractivity contribution in [3.63, 3.8) is 0 Å². The highest BCUT2D eigenvalue weighted by atomic mass is 35.5. The lowest BCUT2D eigenvalue weighted by molar-refractivity contribution is 0.0374. The highest BCUT2D eigenvalue weighted by molar-refractivity contribution is 5.85. The van der Waals surface area contributed by atoms with Crippen LogP contribution in [0.25, 0.3) is 0 Å². The van der Waals surface area contributed by atoms with Crippen LogP contribution in [0, 0.1) is 5.41 Å². The molecule has 2 N–H and O–H groups in total. The van der Waals surface area contributed by atoms with Crippen LogP contribution in [-0.2, 0) is 4.74 Å². The number of rotatable bonds is 3. The quantitative estimate of drug-likeness (QED) is 0.896. The number of cyclic esters (lactones) is 1. The molecule has 0 aliphatic carbocycles. The van der Waals surface area contributed by atoms with Gasteiger partial charge in [-0.25, -0.2) is 4.79 Å². The first kappa shape index (κ1) is 17.2. The van der Waals surface area contributed by atoms with E-state index in [1.165, 1.54) is 20.3 Å². The summed E-state index contributed by atoms with van der Waals surface area (Å²) in [5, 5.41) is 13.0. The van der Waals surface area contributed by atoms with E-state index in [-0.39, 0.29) is 30.2 Å². The number of amides is 1. The molecule has 1 aliphatic rings. The molecule has 1 aliphatic heterocycles. The number of ether oxygens (including phenoxy) is 3. The first-order valence-corrected chi connectivity index (χ1v) is 6.27. The summed E-state index contributed by atoms with van der Waals surface area (Å²) >= 11 is 0. The van der Waals surface area contributed by atoms with Gasteiger partial charge in [0.05, 0.1) is 25.8 Å². The van der Waals surface area contributed by atoms with E-state index in [0.29, 0.717) is 17.1 Å². The number of nitrogens with one attached hydrogen (secondary N) is 1. The van der Waals surface area contributed by atoms with Crippen molar-refractivity contribution in [3.8, 4) is 17.2 Å². The predicted octanol–water partition coefficient (Wildman–Crippen LogP) is 2.64. The fourth-order valence-electron chi connectivity index (χ4n) is 2.32. The molecule has 21 heavy (non-hydrogen) atoms. The van der Waals surface area contributed by atoms with Gasteiger partial charge in [-0.1, -0.05) is 13.8 Å². The fraction of sp³-hybridized carbons (Fsp3) is 0.500. The Labute approximate surface area is 129 Å². The van der Waals surface area contributed by atoms with Gasteiger partial charge in [0.1, 0.15) is 23.9 Å². The van der Waals surface area contributed by atoms with E-state index < -0.39 is 12.1 Å². The largest absolute Gasteiger partial charge is 0.507 e.